The van der Waals surface area contributed by atoms with Gasteiger partial charge in [-0.2, -0.15) is 0 Å². The summed E-state index contributed by atoms with van der Waals surface area (Å²) in [6, 6.07) is -0.773. The lowest BCUT2D eigenvalue weighted by molar-refractivity contribution is -0.142. The average Bonchev–Trinajstić information content (AvgIpc) is 3.08. The lowest BCUT2D eigenvalue weighted by atomic mass is 9.87. The molecule has 3 atom stereocenters. The van der Waals surface area contributed by atoms with Crippen molar-refractivity contribution in [2.45, 2.75) is 71.4 Å². The van der Waals surface area contributed by atoms with Crippen LogP contribution in [0.1, 0.15) is 59.3 Å². The molecule has 0 aromatic rings. The number of hydrogen-bond acceptors (Lipinski definition) is 6. The molecule has 0 saturated heterocycles. The second-order valence-electron chi connectivity index (χ2n) is 8.38. The molecule has 2 rings (SSSR count). The summed E-state index contributed by atoms with van der Waals surface area (Å²) in [6.07, 6.45) is 7.37. The van der Waals surface area contributed by atoms with E-state index in [0.29, 0.717) is 43.5 Å². The fraction of sp³-hybridized carbons (Fsp3) is 0.636. The number of unbranched alkanes of at least 4 members (excludes halogenated alkanes) is 2. The first kappa shape index (κ1) is 24.0. The van der Waals surface area contributed by atoms with Crippen molar-refractivity contribution in [1.82, 2.24) is 9.80 Å². The van der Waals surface area contributed by atoms with E-state index >= 15 is 0 Å². The van der Waals surface area contributed by atoms with Crippen molar-refractivity contribution in [3.05, 3.63) is 23.3 Å². The van der Waals surface area contributed by atoms with Gasteiger partial charge >= 0.3 is 0 Å². The molecular formula is C22H34N4O4. The maximum absolute atomic E-state index is 12.6. The molecule has 4 amide bonds. The molecule has 0 radical (unpaired) electrons. The van der Waals surface area contributed by atoms with Gasteiger partial charge in [0.05, 0.1) is 6.04 Å². The zero-order valence-electron chi connectivity index (χ0n) is 18.2. The van der Waals surface area contributed by atoms with E-state index in [-0.39, 0.29) is 35.6 Å². The van der Waals surface area contributed by atoms with Crippen LogP contribution in [0, 0.1) is 5.92 Å². The van der Waals surface area contributed by atoms with E-state index < -0.39 is 6.04 Å². The second-order valence-corrected chi connectivity index (χ2v) is 8.38. The molecule has 0 aromatic carbocycles. The average molecular weight is 419 g/mol. The van der Waals surface area contributed by atoms with Crippen LogP contribution in [-0.2, 0) is 19.2 Å². The summed E-state index contributed by atoms with van der Waals surface area (Å²) in [5.41, 5.74) is 12.9. The molecule has 2 aliphatic rings. The fourth-order valence-electron chi connectivity index (χ4n) is 4.22. The molecule has 30 heavy (non-hydrogen) atoms. The van der Waals surface area contributed by atoms with Crippen molar-refractivity contribution in [3.63, 3.8) is 0 Å². The van der Waals surface area contributed by atoms with Gasteiger partial charge in [-0.1, -0.05) is 19.8 Å². The van der Waals surface area contributed by atoms with E-state index in [1.54, 1.807) is 13.8 Å². The number of nitrogens with two attached hydrogens (primary N) is 2. The first-order chi connectivity index (χ1) is 14.2. The highest BCUT2D eigenvalue weighted by Gasteiger charge is 2.40. The Morgan fingerprint density at radius 1 is 0.867 bits per heavy atom. The third kappa shape index (κ3) is 5.43. The molecule has 8 heteroatoms. The van der Waals surface area contributed by atoms with Crippen LogP contribution in [0.5, 0.6) is 0 Å². The Morgan fingerprint density at radius 3 is 2.03 bits per heavy atom. The van der Waals surface area contributed by atoms with E-state index in [1.165, 1.54) is 22.0 Å². The van der Waals surface area contributed by atoms with Crippen LogP contribution in [0.3, 0.4) is 0 Å². The molecular weight excluding hydrogens is 384 g/mol. The van der Waals surface area contributed by atoms with E-state index in [1.807, 2.05) is 6.92 Å². The summed E-state index contributed by atoms with van der Waals surface area (Å²) in [4.78, 5) is 51.6. The maximum Gasteiger partial charge on any atom is 0.256 e. The van der Waals surface area contributed by atoms with Gasteiger partial charge in [-0.05, 0) is 52.0 Å². The Morgan fingerprint density at radius 2 is 1.50 bits per heavy atom. The lowest BCUT2D eigenvalue weighted by Gasteiger charge is -2.36. The molecule has 0 spiro atoms. The minimum atomic E-state index is -0.429. The second kappa shape index (κ2) is 10.6. The fourth-order valence-corrected chi connectivity index (χ4v) is 4.22. The van der Waals surface area contributed by atoms with Gasteiger partial charge in [-0.15, -0.1) is 0 Å². The zero-order chi connectivity index (χ0) is 22.4. The van der Waals surface area contributed by atoms with Crippen molar-refractivity contribution in [3.8, 4) is 0 Å². The normalized spacial score (nSPS) is 20.0. The molecule has 4 N–H and O–H groups in total. The van der Waals surface area contributed by atoms with Gasteiger partial charge in [-0.3, -0.25) is 29.0 Å². The predicted molar refractivity (Wildman–Crippen MR) is 114 cm³/mol. The minimum absolute atomic E-state index is 0.0661. The van der Waals surface area contributed by atoms with Crippen LogP contribution in [-0.4, -0.2) is 58.6 Å². The summed E-state index contributed by atoms with van der Waals surface area (Å²) in [5.74, 6) is -1.23. The number of carbonyl (C=O) groups is 4. The van der Waals surface area contributed by atoms with E-state index in [0.717, 1.165) is 19.3 Å². The molecule has 2 aliphatic heterocycles. The highest BCUT2D eigenvalue weighted by molar-refractivity contribution is 6.16. The number of imide groups is 2. The van der Waals surface area contributed by atoms with Crippen molar-refractivity contribution in [2.75, 3.05) is 13.1 Å². The number of hydrogen-bond donors (Lipinski definition) is 2. The molecule has 0 aromatic heterocycles. The van der Waals surface area contributed by atoms with Gasteiger partial charge in [0.25, 0.3) is 23.6 Å². The van der Waals surface area contributed by atoms with Crippen molar-refractivity contribution in [2.24, 2.45) is 17.4 Å². The van der Waals surface area contributed by atoms with Crippen LogP contribution in [0.2, 0.25) is 0 Å². The SMILES string of the molecule is CC1=CC(=O)N(CCCC(C)C(C(N)CCCCCN)N2C(=O)C=C(C)C2=O)C1=O. The molecule has 0 fully saturated rings. The number of amides is 4. The predicted octanol–water partition coefficient (Wildman–Crippen LogP) is 1.25. The van der Waals surface area contributed by atoms with E-state index in [9.17, 15) is 19.2 Å². The van der Waals surface area contributed by atoms with Crippen LogP contribution in [0.25, 0.3) is 0 Å². The number of nitrogens with zero attached hydrogens (tertiary/aromatic N) is 2. The van der Waals surface area contributed by atoms with Crippen molar-refractivity contribution in [1.29, 1.82) is 0 Å². The summed E-state index contributed by atoms with van der Waals surface area (Å²) >= 11 is 0. The van der Waals surface area contributed by atoms with E-state index in [2.05, 4.69) is 0 Å². The third-order valence-corrected chi connectivity index (χ3v) is 5.92. The highest BCUT2D eigenvalue weighted by atomic mass is 16.2. The number of rotatable bonds is 12. The van der Waals surface area contributed by atoms with Crippen LogP contribution in [0.15, 0.2) is 23.3 Å². The Bertz CT molecular complexity index is 758. The van der Waals surface area contributed by atoms with Gasteiger partial charge < -0.3 is 11.5 Å². The monoisotopic (exact) mass is 418 g/mol. The highest BCUT2D eigenvalue weighted by Crippen LogP contribution is 2.27. The van der Waals surface area contributed by atoms with Gasteiger partial charge in [0.15, 0.2) is 0 Å². The maximum atomic E-state index is 12.6. The zero-order valence-corrected chi connectivity index (χ0v) is 18.2. The Kier molecular flexibility index (Phi) is 8.49. The summed E-state index contributed by atoms with van der Waals surface area (Å²) < 4.78 is 0. The minimum Gasteiger partial charge on any atom is -0.330 e. The topological polar surface area (TPSA) is 127 Å². The lowest BCUT2D eigenvalue weighted by Crippen LogP contribution is -2.54. The third-order valence-electron chi connectivity index (χ3n) is 5.92. The first-order valence-corrected chi connectivity index (χ1v) is 10.7. The molecule has 166 valence electrons. The Hall–Kier alpha value is -2.32. The quantitative estimate of drug-likeness (QED) is 0.363. The largest absolute Gasteiger partial charge is 0.330 e. The Balaban J connectivity index is 2.02. The van der Waals surface area contributed by atoms with Gasteiger partial charge in [0.1, 0.15) is 0 Å². The first-order valence-electron chi connectivity index (χ1n) is 10.7. The summed E-state index contributed by atoms with van der Waals surface area (Å²) in [5, 5.41) is 0. The number of carbonyl (C=O) groups excluding carboxylic acids is 4. The standard InChI is InChI=1S/C22H34N4O4/c1-14(8-7-11-25-18(27)12-15(2)21(25)29)20(17(24)9-5-4-6-10-23)26-19(28)13-16(3)22(26)30/h12-14,17,20H,4-11,23-24H2,1-3H3. The van der Waals surface area contributed by atoms with Crippen LogP contribution >= 0.6 is 0 Å². The van der Waals surface area contributed by atoms with E-state index in [4.69, 9.17) is 11.5 Å². The van der Waals surface area contributed by atoms with Crippen LogP contribution < -0.4 is 11.5 Å². The van der Waals surface area contributed by atoms with Gasteiger partial charge in [0.2, 0.25) is 0 Å². The van der Waals surface area contributed by atoms with Gasteiger partial charge in [-0.25, -0.2) is 0 Å². The van der Waals surface area contributed by atoms with Gasteiger partial charge in [0, 0.05) is 35.9 Å². The van der Waals surface area contributed by atoms with Crippen molar-refractivity contribution < 1.29 is 19.2 Å². The molecule has 8 nitrogen and oxygen atoms in total. The molecule has 3 unspecified atom stereocenters. The van der Waals surface area contributed by atoms with Crippen LogP contribution in [0.4, 0.5) is 0 Å². The molecule has 0 saturated carbocycles. The summed E-state index contributed by atoms with van der Waals surface area (Å²) in [7, 11) is 0. The summed E-state index contributed by atoms with van der Waals surface area (Å²) in [6.45, 7) is 6.17. The molecule has 0 bridgehead atoms. The molecule has 2 heterocycles. The smallest absolute Gasteiger partial charge is 0.256 e. The van der Waals surface area contributed by atoms with Crippen molar-refractivity contribution >= 4 is 23.6 Å². The Labute approximate surface area is 178 Å². The molecule has 0 aliphatic carbocycles.